The molecule has 0 radical (unpaired) electrons. The number of aromatic nitrogens is 1. The van der Waals surface area contributed by atoms with Crippen LogP contribution in [0.25, 0.3) is 0 Å². The molecule has 2 rings (SSSR count). The van der Waals surface area contributed by atoms with Crippen molar-refractivity contribution in [2.45, 2.75) is 11.8 Å². The zero-order valence-corrected chi connectivity index (χ0v) is 13.1. The van der Waals surface area contributed by atoms with Gasteiger partial charge in [-0.3, -0.25) is 4.72 Å². The van der Waals surface area contributed by atoms with E-state index in [4.69, 9.17) is 11.6 Å². The molecule has 1 aromatic carbocycles. The minimum absolute atomic E-state index is 0.0509. The fourth-order valence-electron chi connectivity index (χ4n) is 1.50. The molecule has 0 unspecified atom stereocenters. The van der Waals surface area contributed by atoms with Crippen molar-refractivity contribution in [3.63, 3.8) is 0 Å². The van der Waals surface area contributed by atoms with E-state index in [0.29, 0.717) is 10.2 Å². The number of pyridine rings is 1. The molecule has 0 aliphatic carbocycles. The summed E-state index contributed by atoms with van der Waals surface area (Å²) in [5, 5.41) is -0.0567. The van der Waals surface area contributed by atoms with Gasteiger partial charge in [0.05, 0.1) is 5.69 Å². The first-order valence-electron chi connectivity index (χ1n) is 5.30. The fraction of sp³-hybridized carbons (Fsp3) is 0.0833. The molecule has 0 bridgehead atoms. The summed E-state index contributed by atoms with van der Waals surface area (Å²) in [4.78, 5) is 3.71. The van der Waals surface area contributed by atoms with Gasteiger partial charge in [-0.2, -0.15) is 0 Å². The maximum absolute atomic E-state index is 12.2. The monoisotopic (exact) mass is 360 g/mol. The van der Waals surface area contributed by atoms with Crippen LogP contribution in [0.15, 0.2) is 45.9 Å². The second-order valence-electron chi connectivity index (χ2n) is 3.83. The van der Waals surface area contributed by atoms with E-state index in [0.717, 1.165) is 5.56 Å². The van der Waals surface area contributed by atoms with Crippen molar-refractivity contribution in [3.8, 4) is 0 Å². The standard InChI is InChI=1S/C12H10BrClN2O2S/c1-8-4-2-5-9(11(8)13)16-19(17,18)10-6-3-7-15-12(10)14/h2-7,16H,1H3. The highest BCUT2D eigenvalue weighted by Crippen LogP contribution is 2.29. The second-order valence-corrected chi connectivity index (χ2v) is 6.64. The molecule has 1 aromatic heterocycles. The van der Waals surface area contributed by atoms with E-state index in [1.807, 2.05) is 13.0 Å². The Morgan fingerprint density at radius 1 is 1.26 bits per heavy atom. The van der Waals surface area contributed by atoms with Gasteiger partial charge in [0.2, 0.25) is 0 Å². The number of sulfonamides is 1. The van der Waals surface area contributed by atoms with E-state index >= 15 is 0 Å². The van der Waals surface area contributed by atoms with Gasteiger partial charge in [-0.1, -0.05) is 23.7 Å². The molecule has 100 valence electrons. The smallest absolute Gasteiger partial charge is 0.265 e. The third-order valence-electron chi connectivity index (χ3n) is 2.45. The van der Waals surface area contributed by atoms with Crippen LogP contribution in [-0.4, -0.2) is 13.4 Å². The van der Waals surface area contributed by atoms with Crippen molar-refractivity contribution >= 4 is 43.2 Å². The van der Waals surface area contributed by atoms with Gasteiger partial charge in [0, 0.05) is 10.7 Å². The van der Waals surface area contributed by atoms with Crippen LogP contribution in [0.2, 0.25) is 5.15 Å². The highest BCUT2D eigenvalue weighted by atomic mass is 79.9. The molecule has 2 aromatic rings. The summed E-state index contributed by atoms with van der Waals surface area (Å²) in [6.07, 6.45) is 1.43. The van der Waals surface area contributed by atoms with Crippen LogP contribution in [0.1, 0.15) is 5.56 Å². The Hall–Kier alpha value is -1.11. The molecule has 4 nitrogen and oxygen atoms in total. The summed E-state index contributed by atoms with van der Waals surface area (Å²) < 4.78 is 27.6. The lowest BCUT2D eigenvalue weighted by molar-refractivity contribution is 0.601. The second kappa shape index (κ2) is 5.48. The molecule has 19 heavy (non-hydrogen) atoms. The third-order valence-corrected chi connectivity index (χ3v) is 5.31. The molecule has 0 spiro atoms. The Bertz CT molecular complexity index is 719. The average molecular weight is 362 g/mol. The number of benzene rings is 1. The van der Waals surface area contributed by atoms with Crippen LogP contribution in [-0.2, 0) is 10.0 Å². The number of anilines is 1. The maximum Gasteiger partial charge on any atom is 0.265 e. The molecule has 0 atom stereocenters. The first-order chi connectivity index (χ1) is 8.92. The predicted octanol–water partition coefficient (Wildman–Crippen LogP) is 3.61. The lowest BCUT2D eigenvalue weighted by atomic mass is 10.2. The highest BCUT2D eigenvalue weighted by Gasteiger charge is 2.19. The van der Waals surface area contributed by atoms with E-state index in [-0.39, 0.29) is 10.0 Å². The molecular weight excluding hydrogens is 352 g/mol. The zero-order valence-electron chi connectivity index (χ0n) is 9.89. The molecule has 0 amide bonds. The molecule has 1 heterocycles. The van der Waals surface area contributed by atoms with Gasteiger partial charge < -0.3 is 0 Å². The number of nitrogens with zero attached hydrogens (tertiary/aromatic N) is 1. The van der Waals surface area contributed by atoms with Crippen LogP contribution in [0.3, 0.4) is 0 Å². The number of rotatable bonds is 3. The molecule has 7 heteroatoms. The van der Waals surface area contributed by atoms with Gasteiger partial charge in [0.15, 0.2) is 0 Å². The van der Waals surface area contributed by atoms with Crippen molar-refractivity contribution < 1.29 is 8.42 Å². The third kappa shape index (κ3) is 3.08. The molecular formula is C12H10BrClN2O2S. The van der Waals surface area contributed by atoms with Gasteiger partial charge in [-0.05, 0) is 46.6 Å². The number of halogens is 2. The van der Waals surface area contributed by atoms with Crippen molar-refractivity contribution in [2.75, 3.05) is 4.72 Å². The minimum atomic E-state index is -3.76. The van der Waals surface area contributed by atoms with Gasteiger partial charge in [-0.15, -0.1) is 0 Å². The Kier molecular flexibility index (Phi) is 4.13. The largest absolute Gasteiger partial charge is 0.278 e. The Labute approximate surface area is 125 Å². The molecule has 0 fully saturated rings. The van der Waals surface area contributed by atoms with Gasteiger partial charge in [-0.25, -0.2) is 13.4 Å². The highest BCUT2D eigenvalue weighted by molar-refractivity contribution is 9.10. The normalized spacial score (nSPS) is 11.3. The molecule has 0 aliphatic rings. The lowest BCUT2D eigenvalue weighted by Crippen LogP contribution is -2.14. The zero-order chi connectivity index (χ0) is 14.0. The van der Waals surface area contributed by atoms with Crippen LogP contribution in [0.4, 0.5) is 5.69 Å². The fourth-order valence-corrected chi connectivity index (χ4v) is 3.52. The Morgan fingerprint density at radius 2 is 2.00 bits per heavy atom. The first kappa shape index (κ1) is 14.3. The van der Waals surface area contributed by atoms with E-state index in [1.165, 1.54) is 18.3 Å². The summed E-state index contributed by atoms with van der Waals surface area (Å²) in [6, 6.07) is 8.23. The number of hydrogen-bond donors (Lipinski definition) is 1. The van der Waals surface area contributed by atoms with Gasteiger partial charge in [0.25, 0.3) is 10.0 Å². The van der Waals surface area contributed by atoms with Crippen molar-refractivity contribution in [3.05, 3.63) is 51.7 Å². The lowest BCUT2D eigenvalue weighted by Gasteiger charge is -2.11. The van der Waals surface area contributed by atoms with Crippen LogP contribution >= 0.6 is 27.5 Å². The summed E-state index contributed by atoms with van der Waals surface area (Å²) in [6.45, 7) is 1.87. The van der Waals surface area contributed by atoms with E-state index in [9.17, 15) is 8.42 Å². The topological polar surface area (TPSA) is 59.1 Å². The molecule has 0 saturated heterocycles. The van der Waals surface area contributed by atoms with E-state index < -0.39 is 10.0 Å². The van der Waals surface area contributed by atoms with Gasteiger partial charge in [0.1, 0.15) is 10.0 Å². The quantitative estimate of drug-likeness (QED) is 0.850. The maximum atomic E-state index is 12.2. The number of hydrogen-bond acceptors (Lipinski definition) is 3. The van der Waals surface area contributed by atoms with Crippen molar-refractivity contribution in [1.82, 2.24) is 4.98 Å². The number of nitrogens with one attached hydrogen (secondary N) is 1. The predicted molar refractivity (Wildman–Crippen MR) is 78.9 cm³/mol. The Balaban J connectivity index is 2.43. The summed E-state index contributed by atoms with van der Waals surface area (Å²) in [5.41, 5.74) is 1.39. The SMILES string of the molecule is Cc1cccc(NS(=O)(=O)c2cccnc2Cl)c1Br. The van der Waals surface area contributed by atoms with Crippen LogP contribution in [0.5, 0.6) is 0 Å². The van der Waals surface area contributed by atoms with Crippen LogP contribution in [0, 0.1) is 6.92 Å². The minimum Gasteiger partial charge on any atom is -0.278 e. The molecule has 1 N–H and O–H groups in total. The van der Waals surface area contributed by atoms with E-state index in [1.54, 1.807) is 12.1 Å². The Morgan fingerprint density at radius 3 is 2.68 bits per heavy atom. The first-order valence-corrected chi connectivity index (χ1v) is 7.95. The summed E-state index contributed by atoms with van der Waals surface area (Å²) >= 11 is 9.15. The van der Waals surface area contributed by atoms with Crippen LogP contribution < -0.4 is 4.72 Å². The average Bonchev–Trinajstić information content (AvgIpc) is 2.35. The molecule has 0 saturated carbocycles. The summed E-state index contributed by atoms with van der Waals surface area (Å²) in [5.74, 6) is 0. The molecule has 0 aliphatic heterocycles. The van der Waals surface area contributed by atoms with Crippen molar-refractivity contribution in [2.24, 2.45) is 0 Å². The number of aryl methyl sites for hydroxylation is 1. The summed E-state index contributed by atoms with van der Waals surface area (Å²) in [7, 11) is -3.76. The van der Waals surface area contributed by atoms with Crippen molar-refractivity contribution in [1.29, 1.82) is 0 Å². The van der Waals surface area contributed by atoms with Gasteiger partial charge >= 0.3 is 0 Å². The van der Waals surface area contributed by atoms with E-state index in [2.05, 4.69) is 25.6 Å².